The Labute approximate surface area is 207 Å². The number of piperidine rings is 1. The van der Waals surface area contributed by atoms with Crippen LogP contribution in [0.4, 0.5) is 0 Å². The zero-order chi connectivity index (χ0) is 24.2. The standard InChI is InChI=1S/C29H36N4O2/c1-18-13-26(35-2)24(23-9-11-31-27(18)23)17-33-12-10-29(14-22(15-29)19-3-4-19)16-25(33)20-5-7-21(8-6-20)28(30)32-34/h5-9,11,13,19,22,25,31,34H,3-4,10,12,14-17H2,1-2H3,(H2,30,32). The number of amidine groups is 1. The van der Waals surface area contributed by atoms with Gasteiger partial charge in [0.15, 0.2) is 5.84 Å². The molecule has 3 aliphatic rings. The predicted molar refractivity (Wildman–Crippen MR) is 139 cm³/mol. The van der Waals surface area contributed by atoms with E-state index in [1.54, 1.807) is 7.11 Å². The summed E-state index contributed by atoms with van der Waals surface area (Å²) < 4.78 is 5.87. The Morgan fingerprint density at radius 1 is 1.17 bits per heavy atom. The van der Waals surface area contributed by atoms with Crippen molar-refractivity contribution in [2.45, 2.75) is 58.0 Å². The van der Waals surface area contributed by atoms with Gasteiger partial charge in [-0.3, -0.25) is 4.90 Å². The lowest BCUT2D eigenvalue weighted by atomic mass is 9.54. The van der Waals surface area contributed by atoms with Gasteiger partial charge in [-0.05, 0) is 92.5 Å². The normalized spacial score (nSPS) is 27.3. The Morgan fingerprint density at radius 2 is 1.94 bits per heavy atom. The minimum absolute atomic E-state index is 0.152. The molecule has 1 atom stereocenters. The highest BCUT2D eigenvalue weighted by atomic mass is 16.5. The molecular weight excluding hydrogens is 436 g/mol. The highest BCUT2D eigenvalue weighted by Crippen LogP contribution is 2.62. The molecule has 0 radical (unpaired) electrons. The van der Waals surface area contributed by atoms with Gasteiger partial charge in [-0.1, -0.05) is 29.4 Å². The van der Waals surface area contributed by atoms with E-state index in [2.05, 4.69) is 46.2 Å². The fourth-order valence-corrected chi connectivity index (χ4v) is 6.94. The molecule has 3 aromatic rings. The third-order valence-electron chi connectivity index (χ3n) is 9.07. The number of fused-ring (bicyclic) bond motifs is 1. The molecule has 0 amide bonds. The van der Waals surface area contributed by atoms with Crippen LogP contribution in [0.2, 0.25) is 0 Å². The number of nitrogens with one attached hydrogen (secondary N) is 1. The van der Waals surface area contributed by atoms with Crippen LogP contribution in [-0.2, 0) is 6.54 Å². The fraction of sp³-hybridized carbons (Fsp3) is 0.483. The molecule has 6 heteroatoms. The Hall–Kier alpha value is -2.99. The van der Waals surface area contributed by atoms with Crippen molar-refractivity contribution < 1.29 is 9.94 Å². The largest absolute Gasteiger partial charge is 0.496 e. The molecule has 2 aliphatic carbocycles. The van der Waals surface area contributed by atoms with Crippen LogP contribution in [0, 0.1) is 24.2 Å². The number of hydrogen-bond donors (Lipinski definition) is 3. The molecule has 0 bridgehead atoms. The lowest BCUT2D eigenvalue weighted by Crippen LogP contribution is -2.48. The highest BCUT2D eigenvalue weighted by molar-refractivity contribution is 5.97. The SMILES string of the molecule is COc1cc(C)c2[nH]ccc2c1CN1CCC2(CC(C3CC3)C2)CC1c1ccc(/C(N)=N/O)cc1. The topological polar surface area (TPSA) is 86.9 Å². The summed E-state index contributed by atoms with van der Waals surface area (Å²) in [5.74, 6) is 3.09. The molecule has 3 fully saturated rings. The van der Waals surface area contributed by atoms with Gasteiger partial charge in [0.25, 0.3) is 0 Å². The predicted octanol–water partition coefficient (Wildman–Crippen LogP) is 5.72. The van der Waals surface area contributed by atoms with Crippen molar-refractivity contribution >= 4 is 16.7 Å². The number of benzene rings is 2. The van der Waals surface area contributed by atoms with Crippen molar-refractivity contribution in [2.75, 3.05) is 13.7 Å². The average molecular weight is 473 g/mol. The second-order valence-corrected chi connectivity index (χ2v) is 11.2. The van der Waals surface area contributed by atoms with E-state index in [0.29, 0.717) is 11.5 Å². The van der Waals surface area contributed by atoms with Crippen molar-refractivity contribution in [3.63, 3.8) is 0 Å². The molecule has 1 saturated heterocycles. The zero-order valence-corrected chi connectivity index (χ0v) is 20.8. The molecule has 2 saturated carbocycles. The van der Waals surface area contributed by atoms with Crippen molar-refractivity contribution in [1.29, 1.82) is 0 Å². The Bertz CT molecular complexity index is 1250. The van der Waals surface area contributed by atoms with Crippen molar-refractivity contribution in [2.24, 2.45) is 28.1 Å². The first-order valence-electron chi connectivity index (χ1n) is 13.0. The highest BCUT2D eigenvalue weighted by Gasteiger charge is 2.52. The Morgan fingerprint density at radius 3 is 2.63 bits per heavy atom. The smallest absolute Gasteiger partial charge is 0.170 e. The lowest BCUT2D eigenvalue weighted by molar-refractivity contribution is -0.0518. The van der Waals surface area contributed by atoms with Crippen molar-refractivity contribution in [3.8, 4) is 5.75 Å². The lowest BCUT2D eigenvalue weighted by Gasteiger charge is -2.55. The van der Waals surface area contributed by atoms with Crippen LogP contribution in [0.3, 0.4) is 0 Å². The number of methoxy groups -OCH3 is 1. The van der Waals surface area contributed by atoms with Gasteiger partial charge in [0.05, 0.1) is 7.11 Å². The van der Waals surface area contributed by atoms with Crippen molar-refractivity contribution in [1.82, 2.24) is 9.88 Å². The van der Waals surface area contributed by atoms with E-state index in [-0.39, 0.29) is 5.84 Å². The first-order chi connectivity index (χ1) is 17.0. The third kappa shape index (κ3) is 3.98. The Kier molecular flexibility index (Phi) is 5.52. The molecule has 184 valence electrons. The summed E-state index contributed by atoms with van der Waals surface area (Å²) >= 11 is 0. The van der Waals surface area contributed by atoms with Gasteiger partial charge in [0.1, 0.15) is 5.75 Å². The zero-order valence-electron chi connectivity index (χ0n) is 20.8. The number of rotatable bonds is 6. The van der Waals surface area contributed by atoms with Crippen LogP contribution in [-0.4, -0.2) is 34.6 Å². The number of nitrogens with zero attached hydrogens (tertiary/aromatic N) is 2. The maximum Gasteiger partial charge on any atom is 0.170 e. The van der Waals surface area contributed by atoms with Crippen molar-refractivity contribution in [3.05, 3.63) is 64.8 Å². The summed E-state index contributed by atoms with van der Waals surface area (Å²) in [5.41, 5.74) is 12.0. The maximum absolute atomic E-state index is 9.07. The van der Waals surface area contributed by atoms with E-state index >= 15 is 0 Å². The van der Waals surface area contributed by atoms with E-state index < -0.39 is 0 Å². The first-order valence-corrected chi connectivity index (χ1v) is 13.0. The summed E-state index contributed by atoms with van der Waals surface area (Å²) in [6.45, 7) is 4.08. The summed E-state index contributed by atoms with van der Waals surface area (Å²) in [6, 6.07) is 13.0. The van der Waals surface area contributed by atoms with E-state index in [4.69, 9.17) is 15.7 Å². The monoisotopic (exact) mass is 472 g/mol. The summed E-state index contributed by atoms with van der Waals surface area (Å²) in [6.07, 6.45) is 10.2. The molecule has 1 aromatic heterocycles. The van der Waals surface area contributed by atoms with E-state index in [0.717, 1.165) is 36.2 Å². The number of oxime groups is 1. The van der Waals surface area contributed by atoms with Gasteiger partial charge in [-0.2, -0.15) is 0 Å². The summed E-state index contributed by atoms with van der Waals surface area (Å²) in [4.78, 5) is 6.06. The van der Waals surface area contributed by atoms with Crippen LogP contribution in [0.1, 0.15) is 66.8 Å². The first kappa shape index (κ1) is 22.5. The van der Waals surface area contributed by atoms with Crippen LogP contribution in [0.15, 0.2) is 47.8 Å². The minimum atomic E-state index is 0.152. The average Bonchev–Trinajstić information content (AvgIpc) is 3.58. The third-order valence-corrected chi connectivity index (χ3v) is 9.07. The van der Waals surface area contributed by atoms with Gasteiger partial charge in [0.2, 0.25) is 0 Å². The molecule has 1 aliphatic heterocycles. The van der Waals surface area contributed by atoms with Gasteiger partial charge >= 0.3 is 0 Å². The number of ether oxygens (including phenoxy) is 1. The summed E-state index contributed by atoms with van der Waals surface area (Å²) in [7, 11) is 1.78. The van der Waals surface area contributed by atoms with Crippen LogP contribution < -0.4 is 10.5 Å². The molecule has 2 aromatic carbocycles. The number of H-pyrrole nitrogens is 1. The molecule has 2 heterocycles. The number of aromatic nitrogens is 1. The van der Waals surface area contributed by atoms with Crippen LogP contribution in [0.25, 0.3) is 10.9 Å². The minimum Gasteiger partial charge on any atom is -0.496 e. The molecule has 6 rings (SSSR count). The molecule has 1 unspecified atom stereocenters. The second-order valence-electron chi connectivity index (χ2n) is 11.2. The van der Waals surface area contributed by atoms with E-state index in [9.17, 15) is 0 Å². The van der Waals surface area contributed by atoms with E-state index in [1.165, 1.54) is 66.1 Å². The number of nitrogens with two attached hydrogens (primary N) is 1. The molecule has 6 nitrogen and oxygen atoms in total. The molecular formula is C29H36N4O2. The fourth-order valence-electron chi connectivity index (χ4n) is 6.94. The van der Waals surface area contributed by atoms with Gasteiger partial charge in [-0.15, -0.1) is 0 Å². The molecule has 35 heavy (non-hydrogen) atoms. The van der Waals surface area contributed by atoms with Gasteiger partial charge in [0, 0.05) is 40.8 Å². The molecule has 1 spiro atoms. The number of likely N-dealkylation sites (tertiary alicyclic amines) is 1. The number of hydrogen-bond acceptors (Lipinski definition) is 4. The van der Waals surface area contributed by atoms with Gasteiger partial charge in [-0.25, -0.2) is 0 Å². The Balaban J connectivity index is 1.33. The summed E-state index contributed by atoms with van der Waals surface area (Å²) in [5, 5.41) is 13.5. The number of aromatic amines is 1. The van der Waals surface area contributed by atoms with Crippen LogP contribution >= 0.6 is 0 Å². The number of aryl methyl sites for hydroxylation is 1. The van der Waals surface area contributed by atoms with E-state index in [1.807, 2.05) is 18.3 Å². The maximum atomic E-state index is 9.07. The molecule has 4 N–H and O–H groups in total. The van der Waals surface area contributed by atoms with Gasteiger partial charge < -0.3 is 20.7 Å². The second kappa shape index (κ2) is 8.59. The quantitative estimate of drug-likeness (QED) is 0.185. The van der Waals surface area contributed by atoms with Crippen LogP contribution in [0.5, 0.6) is 5.75 Å².